The van der Waals surface area contributed by atoms with Gasteiger partial charge in [0.05, 0.1) is 12.7 Å². The van der Waals surface area contributed by atoms with E-state index in [2.05, 4.69) is 5.32 Å². The van der Waals surface area contributed by atoms with E-state index in [1.54, 1.807) is 0 Å². The van der Waals surface area contributed by atoms with Crippen LogP contribution in [-0.2, 0) is 15.1 Å². The molecule has 0 aliphatic rings. The van der Waals surface area contributed by atoms with Crippen LogP contribution in [0.5, 0.6) is 0 Å². The van der Waals surface area contributed by atoms with Crippen molar-refractivity contribution in [1.82, 2.24) is 5.32 Å². The Hall–Kier alpha value is -1.39. The smallest absolute Gasteiger partial charge is 0.331 e. The first-order valence-corrected chi connectivity index (χ1v) is 7.22. The van der Waals surface area contributed by atoms with Crippen molar-refractivity contribution < 1.29 is 14.6 Å². The van der Waals surface area contributed by atoms with Crippen molar-refractivity contribution >= 4 is 5.97 Å². The molecule has 2 atom stereocenters. The summed E-state index contributed by atoms with van der Waals surface area (Å²) in [5, 5.41) is 12.9. The summed E-state index contributed by atoms with van der Waals surface area (Å²) in [6.07, 6.45) is 1.77. The first-order valence-electron chi connectivity index (χ1n) is 7.22. The predicted molar refractivity (Wildman–Crippen MR) is 79.8 cm³/mol. The number of hydrogen-bond acceptors (Lipinski definition) is 3. The average molecular weight is 279 g/mol. The fourth-order valence-corrected chi connectivity index (χ4v) is 1.94. The minimum absolute atomic E-state index is 0.0425. The Morgan fingerprint density at radius 1 is 1.35 bits per heavy atom. The second-order valence-electron chi connectivity index (χ2n) is 5.03. The molecular weight excluding hydrogens is 254 g/mol. The Kier molecular flexibility index (Phi) is 6.68. The van der Waals surface area contributed by atoms with E-state index in [9.17, 15) is 9.90 Å². The van der Waals surface area contributed by atoms with Crippen LogP contribution in [-0.4, -0.2) is 30.3 Å². The molecule has 112 valence electrons. The third-order valence-electron chi connectivity index (χ3n) is 3.47. The van der Waals surface area contributed by atoms with Gasteiger partial charge in [0.1, 0.15) is 0 Å². The molecule has 0 saturated carbocycles. The van der Waals surface area contributed by atoms with Gasteiger partial charge < -0.3 is 9.84 Å². The van der Waals surface area contributed by atoms with Gasteiger partial charge in [-0.05, 0) is 31.9 Å². The topological polar surface area (TPSA) is 58.6 Å². The van der Waals surface area contributed by atoms with Gasteiger partial charge in [0.2, 0.25) is 0 Å². The molecule has 1 aromatic carbocycles. The molecule has 1 aromatic rings. The predicted octanol–water partition coefficient (Wildman–Crippen LogP) is 2.78. The number of carboxylic acid groups (broad SMARTS) is 1. The zero-order valence-electron chi connectivity index (χ0n) is 12.6. The summed E-state index contributed by atoms with van der Waals surface area (Å²) in [5.41, 5.74) is -0.454. The molecule has 1 rings (SSSR count). The molecule has 20 heavy (non-hydrogen) atoms. The van der Waals surface area contributed by atoms with E-state index in [0.29, 0.717) is 6.54 Å². The second-order valence-corrected chi connectivity index (χ2v) is 5.03. The van der Waals surface area contributed by atoms with Crippen molar-refractivity contribution in [1.29, 1.82) is 0 Å². The van der Waals surface area contributed by atoms with Gasteiger partial charge >= 0.3 is 5.97 Å². The van der Waals surface area contributed by atoms with Crippen LogP contribution in [0.1, 0.15) is 39.2 Å². The lowest BCUT2D eigenvalue weighted by atomic mass is 9.90. The Balaban J connectivity index is 3.04. The quantitative estimate of drug-likeness (QED) is 0.730. The van der Waals surface area contributed by atoms with Gasteiger partial charge in [0.25, 0.3) is 0 Å². The van der Waals surface area contributed by atoms with Gasteiger partial charge in [0.15, 0.2) is 5.54 Å². The van der Waals surface area contributed by atoms with Crippen LogP contribution in [0.25, 0.3) is 0 Å². The third-order valence-corrected chi connectivity index (χ3v) is 3.47. The van der Waals surface area contributed by atoms with E-state index < -0.39 is 11.5 Å². The van der Waals surface area contributed by atoms with Crippen molar-refractivity contribution in [3.63, 3.8) is 0 Å². The number of carbonyl (C=O) groups is 1. The fourth-order valence-electron chi connectivity index (χ4n) is 1.94. The molecule has 0 aromatic heterocycles. The maximum absolute atomic E-state index is 11.9. The molecule has 0 radical (unpaired) electrons. The number of carboxylic acids is 1. The molecular formula is C16H25NO3. The number of hydrogen-bond donors (Lipinski definition) is 2. The van der Waals surface area contributed by atoms with Crippen LogP contribution >= 0.6 is 0 Å². The Bertz CT molecular complexity index is 407. The van der Waals surface area contributed by atoms with Crippen LogP contribution in [0.4, 0.5) is 0 Å². The highest BCUT2D eigenvalue weighted by atomic mass is 16.5. The number of aliphatic carboxylic acids is 1. The van der Waals surface area contributed by atoms with E-state index in [-0.39, 0.29) is 12.7 Å². The van der Waals surface area contributed by atoms with Gasteiger partial charge in [-0.2, -0.15) is 0 Å². The Labute approximate surface area is 121 Å². The summed E-state index contributed by atoms with van der Waals surface area (Å²) >= 11 is 0. The molecule has 0 aliphatic heterocycles. The minimum Gasteiger partial charge on any atom is -0.480 e. The molecule has 2 unspecified atom stereocenters. The SMILES string of the molecule is CCCNC(COC(C)CC)(C(=O)O)c1ccccc1. The van der Waals surface area contributed by atoms with Gasteiger partial charge in [-0.25, -0.2) is 4.79 Å². The van der Waals surface area contributed by atoms with E-state index in [1.165, 1.54) is 0 Å². The molecule has 0 heterocycles. The van der Waals surface area contributed by atoms with Crippen molar-refractivity contribution in [2.75, 3.05) is 13.2 Å². The normalized spacial score (nSPS) is 15.6. The van der Waals surface area contributed by atoms with Crippen molar-refractivity contribution in [3.8, 4) is 0 Å². The molecule has 0 amide bonds. The average Bonchev–Trinajstić information content (AvgIpc) is 2.48. The highest BCUT2D eigenvalue weighted by Crippen LogP contribution is 2.23. The second kappa shape index (κ2) is 8.02. The van der Waals surface area contributed by atoms with Gasteiger partial charge in [-0.15, -0.1) is 0 Å². The van der Waals surface area contributed by atoms with Gasteiger partial charge in [0, 0.05) is 0 Å². The maximum atomic E-state index is 11.9. The monoisotopic (exact) mass is 279 g/mol. The Morgan fingerprint density at radius 2 is 2.00 bits per heavy atom. The van der Waals surface area contributed by atoms with Gasteiger partial charge in [-0.3, -0.25) is 5.32 Å². The molecule has 0 spiro atoms. The zero-order valence-corrected chi connectivity index (χ0v) is 12.6. The van der Waals surface area contributed by atoms with Crippen LogP contribution < -0.4 is 5.32 Å². The zero-order chi connectivity index (χ0) is 15.0. The number of nitrogens with one attached hydrogen (secondary N) is 1. The first-order chi connectivity index (χ1) is 9.56. The fraction of sp³-hybridized carbons (Fsp3) is 0.562. The highest BCUT2D eigenvalue weighted by Gasteiger charge is 2.40. The van der Waals surface area contributed by atoms with E-state index in [4.69, 9.17) is 4.74 Å². The summed E-state index contributed by atoms with van der Waals surface area (Å²) in [6.45, 7) is 6.75. The van der Waals surface area contributed by atoms with Crippen LogP contribution in [0.15, 0.2) is 30.3 Å². The lowest BCUT2D eigenvalue weighted by molar-refractivity contribution is -0.149. The number of rotatable bonds is 9. The number of ether oxygens (including phenoxy) is 1. The van der Waals surface area contributed by atoms with Crippen molar-refractivity contribution in [2.24, 2.45) is 0 Å². The number of benzene rings is 1. The molecule has 0 fully saturated rings. The summed E-state index contributed by atoms with van der Waals surface area (Å²) in [4.78, 5) is 11.9. The maximum Gasteiger partial charge on any atom is 0.331 e. The standard InChI is InChI=1S/C16H25NO3/c1-4-11-17-16(15(18)19,12-20-13(3)5-2)14-9-7-6-8-10-14/h6-10,13,17H,4-5,11-12H2,1-3H3,(H,18,19). The Morgan fingerprint density at radius 3 is 2.50 bits per heavy atom. The van der Waals surface area contributed by atoms with E-state index in [0.717, 1.165) is 18.4 Å². The summed E-state index contributed by atoms with van der Waals surface area (Å²) in [6, 6.07) is 9.24. The minimum atomic E-state index is -1.18. The lowest BCUT2D eigenvalue weighted by Crippen LogP contribution is -2.53. The van der Waals surface area contributed by atoms with E-state index >= 15 is 0 Å². The third kappa shape index (κ3) is 4.05. The molecule has 4 heteroatoms. The molecule has 2 N–H and O–H groups in total. The van der Waals surface area contributed by atoms with Crippen LogP contribution in [0, 0.1) is 0 Å². The van der Waals surface area contributed by atoms with Crippen molar-refractivity contribution in [3.05, 3.63) is 35.9 Å². The van der Waals surface area contributed by atoms with Gasteiger partial charge in [-0.1, -0.05) is 44.2 Å². The molecule has 4 nitrogen and oxygen atoms in total. The van der Waals surface area contributed by atoms with Crippen LogP contribution in [0.3, 0.4) is 0 Å². The first kappa shape index (κ1) is 16.7. The van der Waals surface area contributed by atoms with E-state index in [1.807, 2.05) is 51.1 Å². The summed E-state index contributed by atoms with van der Waals surface area (Å²) in [7, 11) is 0. The molecule has 0 saturated heterocycles. The van der Waals surface area contributed by atoms with Crippen LogP contribution in [0.2, 0.25) is 0 Å². The van der Waals surface area contributed by atoms with Crippen molar-refractivity contribution in [2.45, 2.75) is 45.3 Å². The highest BCUT2D eigenvalue weighted by molar-refractivity contribution is 5.81. The molecule has 0 aliphatic carbocycles. The lowest BCUT2D eigenvalue weighted by Gasteiger charge is -2.32. The largest absolute Gasteiger partial charge is 0.480 e. The summed E-state index contributed by atoms with van der Waals surface area (Å²) in [5.74, 6) is -0.902. The molecule has 0 bridgehead atoms. The summed E-state index contributed by atoms with van der Waals surface area (Å²) < 4.78 is 5.73.